The number of rotatable bonds is 3. The maximum Gasteiger partial charge on any atom is 0.209 e. The number of piperidine rings is 1. The smallest absolute Gasteiger partial charge is 0.209 e. The van der Waals surface area contributed by atoms with Crippen LogP contribution in [0.5, 0.6) is 0 Å². The van der Waals surface area contributed by atoms with E-state index in [-0.39, 0.29) is 0 Å². The zero-order valence-electron chi connectivity index (χ0n) is 15.0. The molecule has 7 heteroatoms. The zero-order chi connectivity index (χ0) is 17.4. The van der Waals surface area contributed by atoms with Gasteiger partial charge in [0.15, 0.2) is 0 Å². The van der Waals surface area contributed by atoms with Crippen molar-refractivity contribution < 1.29 is 0 Å². The molecule has 0 radical (unpaired) electrons. The predicted molar refractivity (Wildman–Crippen MR) is 101 cm³/mol. The van der Waals surface area contributed by atoms with Gasteiger partial charge >= 0.3 is 0 Å². The molecular weight excluding hydrogens is 314 g/mol. The van der Waals surface area contributed by atoms with Gasteiger partial charge in [-0.1, -0.05) is 6.07 Å². The van der Waals surface area contributed by atoms with Gasteiger partial charge in [-0.2, -0.15) is 5.43 Å². The third kappa shape index (κ3) is 3.19. The average Bonchev–Trinajstić information content (AvgIpc) is 3.26. The fraction of sp³-hybridized carbons (Fsp3) is 0.611. The van der Waals surface area contributed by atoms with E-state index in [0.717, 1.165) is 24.7 Å². The van der Waals surface area contributed by atoms with Crippen LogP contribution in [-0.2, 0) is 5.79 Å². The predicted octanol–water partition coefficient (Wildman–Crippen LogP) is 0.551. The topological polar surface area (TPSA) is 94.9 Å². The van der Waals surface area contributed by atoms with Crippen LogP contribution in [-0.4, -0.2) is 43.1 Å². The second-order valence-electron chi connectivity index (χ2n) is 7.48. The van der Waals surface area contributed by atoms with Crippen LogP contribution in [0.1, 0.15) is 36.8 Å². The lowest BCUT2D eigenvalue weighted by Gasteiger charge is -2.38. The molecule has 2 saturated heterocycles. The maximum absolute atomic E-state index is 6.30. The number of hydrogen-bond donors (Lipinski definition) is 4. The van der Waals surface area contributed by atoms with Crippen molar-refractivity contribution in [3.05, 3.63) is 29.3 Å². The number of aryl methyl sites for hydroxylation is 1. The minimum Gasteiger partial charge on any atom is -0.371 e. The minimum atomic E-state index is -0.990. The summed E-state index contributed by atoms with van der Waals surface area (Å²) >= 11 is 0. The molecule has 25 heavy (non-hydrogen) atoms. The third-order valence-electron chi connectivity index (χ3n) is 5.78. The van der Waals surface area contributed by atoms with Crippen molar-refractivity contribution in [3.8, 4) is 0 Å². The summed E-state index contributed by atoms with van der Waals surface area (Å²) < 4.78 is 0. The number of hydrogen-bond acceptors (Lipinski definition) is 7. The Kier molecular flexibility index (Phi) is 4.31. The molecule has 0 aliphatic carbocycles. The molecule has 3 aliphatic heterocycles. The summed E-state index contributed by atoms with van der Waals surface area (Å²) in [5.74, 6) is -0.677. The summed E-state index contributed by atoms with van der Waals surface area (Å²) in [7, 11) is 0. The molecule has 136 valence electrons. The Bertz CT molecular complexity index is 659. The standard InChI is InChI=1S/C18H29N7/c1-13-12-14(18(20)21-17(19)22-23-18)4-5-16(13)25-10-6-15(7-11-25)24-8-2-3-9-24/h4-5,12,15,23H,2-3,6-11,20H2,1H3,(H3,19,21,22). The SMILES string of the molecule is Cc1cc(C2(N)N=C(N)NN2)ccc1N1CCC(N2CCCC2)CC1. The molecule has 0 saturated carbocycles. The summed E-state index contributed by atoms with van der Waals surface area (Å²) in [6.07, 6.45) is 5.26. The molecule has 0 spiro atoms. The molecule has 2 fully saturated rings. The first-order chi connectivity index (χ1) is 12.0. The lowest BCUT2D eigenvalue weighted by molar-refractivity contribution is 0.208. The van der Waals surface area contributed by atoms with Crippen molar-refractivity contribution in [1.29, 1.82) is 0 Å². The van der Waals surface area contributed by atoms with Gasteiger partial charge < -0.3 is 15.5 Å². The van der Waals surface area contributed by atoms with E-state index in [1.807, 2.05) is 6.07 Å². The highest BCUT2D eigenvalue weighted by Crippen LogP contribution is 2.30. The maximum atomic E-state index is 6.30. The van der Waals surface area contributed by atoms with E-state index in [1.54, 1.807) is 0 Å². The summed E-state index contributed by atoms with van der Waals surface area (Å²) in [5, 5.41) is 0. The van der Waals surface area contributed by atoms with Crippen LogP contribution < -0.4 is 27.2 Å². The number of hydrazine groups is 1. The Morgan fingerprint density at radius 3 is 2.48 bits per heavy atom. The van der Waals surface area contributed by atoms with Gasteiger partial charge in [-0.3, -0.25) is 11.2 Å². The van der Waals surface area contributed by atoms with Crippen LogP contribution in [0.3, 0.4) is 0 Å². The first kappa shape index (κ1) is 16.6. The van der Waals surface area contributed by atoms with Gasteiger partial charge in [-0.25, -0.2) is 4.99 Å². The van der Waals surface area contributed by atoms with E-state index in [1.165, 1.54) is 50.0 Å². The van der Waals surface area contributed by atoms with Crippen molar-refractivity contribution in [2.75, 3.05) is 31.1 Å². The molecule has 4 rings (SSSR count). The minimum absolute atomic E-state index is 0.313. The summed E-state index contributed by atoms with van der Waals surface area (Å²) in [6.45, 7) is 6.98. The van der Waals surface area contributed by atoms with Crippen molar-refractivity contribution in [2.24, 2.45) is 16.5 Å². The van der Waals surface area contributed by atoms with Gasteiger partial charge in [0, 0.05) is 30.4 Å². The number of nitrogens with two attached hydrogens (primary N) is 2. The summed E-state index contributed by atoms with van der Waals surface area (Å²) in [5.41, 5.74) is 21.1. The van der Waals surface area contributed by atoms with E-state index < -0.39 is 5.79 Å². The second-order valence-corrected chi connectivity index (χ2v) is 7.48. The van der Waals surface area contributed by atoms with Gasteiger partial charge in [0.2, 0.25) is 11.7 Å². The van der Waals surface area contributed by atoms with Crippen molar-refractivity contribution in [2.45, 2.75) is 44.4 Å². The summed E-state index contributed by atoms with van der Waals surface area (Å²) in [6, 6.07) is 7.10. The molecular formula is C18H29N7. The fourth-order valence-corrected chi connectivity index (χ4v) is 4.37. The Balaban J connectivity index is 1.45. The Morgan fingerprint density at radius 2 is 1.88 bits per heavy atom. The molecule has 1 aromatic rings. The number of nitrogens with one attached hydrogen (secondary N) is 2. The van der Waals surface area contributed by atoms with Crippen LogP contribution in [0.15, 0.2) is 23.2 Å². The third-order valence-corrected chi connectivity index (χ3v) is 5.78. The molecule has 1 unspecified atom stereocenters. The Labute approximate surface area is 149 Å². The molecule has 7 nitrogen and oxygen atoms in total. The van der Waals surface area contributed by atoms with Gasteiger partial charge in [0.1, 0.15) is 0 Å². The van der Waals surface area contributed by atoms with E-state index in [4.69, 9.17) is 11.5 Å². The highest BCUT2D eigenvalue weighted by molar-refractivity contribution is 5.79. The van der Waals surface area contributed by atoms with Crippen molar-refractivity contribution >= 4 is 11.6 Å². The normalized spacial score (nSPS) is 28.2. The number of guanidine groups is 1. The Hall–Kier alpha value is -1.83. The van der Waals surface area contributed by atoms with Gasteiger partial charge in [-0.15, -0.1) is 0 Å². The Morgan fingerprint density at radius 1 is 1.16 bits per heavy atom. The number of benzene rings is 1. The lowest BCUT2D eigenvalue weighted by atomic mass is 10.00. The van der Waals surface area contributed by atoms with E-state index in [9.17, 15) is 0 Å². The molecule has 0 bridgehead atoms. The highest BCUT2D eigenvalue weighted by atomic mass is 15.6. The zero-order valence-corrected chi connectivity index (χ0v) is 15.0. The number of aliphatic imine (C=N–C) groups is 1. The molecule has 0 amide bonds. The van der Waals surface area contributed by atoms with Crippen LogP contribution in [0.4, 0.5) is 5.69 Å². The molecule has 3 aliphatic rings. The quantitative estimate of drug-likeness (QED) is 0.640. The number of anilines is 1. The van der Waals surface area contributed by atoms with Crippen LogP contribution in [0, 0.1) is 6.92 Å². The first-order valence-electron chi connectivity index (χ1n) is 9.33. The van der Waals surface area contributed by atoms with Gasteiger partial charge in [-0.05, 0) is 63.4 Å². The second kappa shape index (κ2) is 6.48. The van der Waals surface area contributed by atoms with E-state index in [2.05, 4.69) is 44.7 Å². The highest BCUT2D eigenvalue weighted by Gasteiger charge is 2.32. The van der Waals surface area contributed by atoms with E-state index in [0.29, 0.717) is 5.96 Å². The number of nitrogens with zero attached hydrogens (tertiary/aromatic N) is 3. The molecule has 3 heterocycles. The summed E-state index contributed by atoms with van der Waals surface area (Å²) in [4.78, 5) is 9.45. The van der Waals surface area contributed by atoms with Crippen LogP contribution in [0.2, 0.25) is 0 Å². The van der Waals surface area contributed by atoms with Gasteiger partial charge in [0.05, 0.1) is 0 Å². The lowest BCUT2D eigenvalue weighted by Crippen LogP contribution is -2.50. The van der Waals surface area contributed by atoms with Crippen LogP contribution in [0.25, 0.3) is 0 Å². The fourth-order valence-electron chi connectivity index (χ4n) is 4.37. The molecule has 0 aromatic heterocycles. The molecule has 1 aromatic carbocycles. The van der Waals surface area contributed by atoms with Crippen LogP contribution >= 0.6 is 0 Å². The first-order valence-corrected chi connectivity index (χ1v) is 9.33. The average molecular weight is 343 g/mol. The molecule has 1 atom stereocenters. The van der Waals surface area contributed by atoms with E-state index >= 15 is 0 Å². The van der Waals surface area contributed by atoms with Gasteiger partial charge in [0.25, 0.3) is 0 Å². The van der Waals surface area contributed by atoms with Crippen molar-refractivity contribution in [1.82, 2.24) is 15.8 Å². The largest absolute Gasteiger partial charge is 0.371 e. The molecule has 6 N–H and O–H groups in total. The number of likely N-dealkylation sites (tertiary alicyclic amines) is 1. The monoisotopic (exact) mass is 343 g/mol. The van der Waals surface area contributed by atoms with Crippen molar-refractivity contribution in [3.63, 3.8) is 0 Å².